The minimum absolute atomic E-state index is 0.235. The summed E-state index contributed by atoms with van der Waals surface area (Å²) in [4.78, 5) is 0. The minimum atomic E-state index is -4.47. The Balaban J connectivity index is 3.18. The molecular formula is C10H14O5S. The van der Waals surface area contributed by atoms with Crippen molar-refractivity contribution in [3.8, 4) is 0 Å². The lowest BCUT2D eigenvalue weighted by molar-refractivity contribution is 0.0270. The van der Waals surface area contributed by atoms with E-state index in [0.29, 0.717) is 0 Å². The molecule has 5 nitrogen and oxygen atoms in total. The average Bonchev–Trinajstić information content (AvgIpc) is 2.17. The van der Waals surface area contributed by atoms with Gasteiger partial charge < -0.3 is 10.2 Å². The first-order valence-corrected chi connectivity index (χ1v) is 6.21. The van der Waals surface area contributed by atoms with Gasteiger partial charge in [0, 0.05) is 0 Å². The van der Waals surface area contributed by atoms with Gasteiger partial charge in [0.1, 0.15) is 11.4 Å². The average molecular weight is 246 g/mol. The van der Waals surface area contributed by atoms with Gasteiger partial charge >= 0.3 is 0 Å². The predicted molar refractivity (Wildman–Crippen MR) is 58.4 cm³/mol. The third-order valence-corrected chi connectivity index (χ3v) is 3.45. The lowest BCUT2D eigenvalue weighted by atomic mass is 10.0. The molecule has 0 amide bonds. The second kappa shape index (κ2) is 4.92. The first-order chi connectivity index (χ1) is 7.34. The molecule has 1 rings (SSSR count). The molecule has 3 atom stereocenters. The fourth-order valence-electron chi connectivity index (χ4n) is 1.44. The standard InChI is InChI=1S/C10H14O5S/c1-7(11)9(12)10(16(13,14)15)8-5-3-2-4-6-8/h2-7,9-12H,1H3,(H,13,14,15). The van der Waals surface area contributed by atoms with Gasteiger partial charge in [-0.2, -0.15) is 8.42 Å². The zero-order valence-corrected chi connectivity index (χ0v) is 9.50. The van der Waals surface area contributed by atoms with Crippen molar-refractivity contribution in [2.24, 2.45) is 0 Å². The lowest BCUT2D eigenvalue weighted by Gasteiger charge is -2.22. The number of hydrogen-bond donors (Lipinski definition) is 3. The van der Waals surface area contributed by atoms with Gasteiger partial charge in [0.15, 0.2) is 0 Å². The third kappa shape index (κ3) is 3.02. The Labute approximate surface area is 94.1 Å². The zero-order chi connectivity index (χ0) is 12.3. The van der Waals surface area contributed by atoms with Crippen molar-refractivity contribution in [3.63, 3.8) is 0 Å². The molecule has 0 aliphatic rings. The molecule has 0 heterocycles. The molecule has 0 saturated heterocycles. The monoisotopic (exact) mass is 246 g/mol. The van der Waals surface area contributed by atoms with E-state index in [0.717, 1.165) is 0 Å². The van der Waals surface area contributed by atoms with Crippen LogP contribution in [-0.2, 0) is 10.1 Å². The summed E-state index contributed by atoms with van der Waals surface area (Å²) in [5.74, 6) is 0. The van der Waals surface area contributed by atoms with Crippen LogP contribution in [0.25, 0.3) is 0 Å². The molecule has 6 heteroatoms. The maximum atomic E-state index is 11.2. The highest BCUT2D eigenvalue weighted by Gasteiger charge is 2.35. The first-order valence-electron chi connectivity index (χ1n) is 4.71. The van der Waals surface area contributed by atoms with Crippen LogP contribution in [0.15, 0.2) is 30.3 Å². The van der Waals surface area contributed by atoms with Crippen molar-refractivity contribution < 1.29 is 23.2 Å². The van der Waals surface area contributed by atoms with Crippen LogP contribution in [0.3, 0.4) is 0 Å². The molecule has 0 fully saturated rings. The molecule has 0 spiro atoms. The minimum Gasteiger partial charge on any atom is -0.391 e. The molecule has 1 aromatic carbocycles. The van der Waals surface area contributed by atoms with E-state index < -0.39 is 27.6 Å². The van der Waals surface area contributed by atoms with Gasteiger partial charge in [-0.05, 0) is 12.5 Å². The molecule has 0 saturated carbocycles. The molecule has 0 aliphatic heterocycles. The smallest absolute Gasteiger partial charge is 0.274 e. The largest absolute Gasteiger partial charge is 0.391 e. The van der Waals surface area contributed by atoms with E-state index in [1.54, 1.807) is 18.2 Å². The van der Waals surface area contributed by atoms with Crippen LogP contribution >= 0.6 is 0 Å². The Morgan fingerprint density at radius 1 is 1.12 bits per heavy atom. The number of aliphatic hydroxyl groups is 2. The van der Waals surface area contributed by atoms with Crippen molar-refractivity contribution in [2.45, 2.75) is 24.4 Å². The Morgan fingerprint density at radius 2 is 1.62 bits per heavy atom. The van der Waals surface area contributed by atoms with E-state index in [4.69, 9.17) is 4.55 Å². The molecule has 3 unspecified atom stereocenters. The molecule has 16 heavy (non-hydrogen) atoms. The fourth-order valence-corrected chi connectivity index (χ4v) is 2.52. The van der Waals surface area contributed by atoms with Crippen molar-refractivity contribution in [1.82, 2.24) is 0 Å². The van der Waals surface area contributed by atoms with Crippen LogP contribution in [0.1, 0.15) is 17.7 Å². The van der Waals surface area contributed by atoms with Gasteiger partial charge in [0.2, 0.25) is 0 Å². The maximum Gasteiger partial charge on any atom is 0.274 e. The Morgan fingerprint density at radius 3 is 2.00 bits per heavy atom. The Hall–Kier alpha value is -0.950. The molecule has 1 aromatic rings. The number of rotatable bonds is 4. The SMILES string of the molecule is CC(O)C(O)C(c1ccccc1)S(=O)(=O)O. The summed E-state index contributed by atoms with van der Waals surface area (Å²) in [6.45, 7) is 1.26. The highest BCUT2D eigenvalue weighted by Crippen LogP contribution is 2.26. The molecular weight excluding hydrogens is 232 g/mol. The normalized spacial score (nSPS) is 17.8. The summed E-state index contributed by atoms with van der Waals surface area (Å²) in [7, 11) is -4.47. The molecule has 3 N–H and O–H groups in total. The quantitative estimate of drug-likeness (QED) is 0.667. The van der Waals surface area contributed by atoms with E-state index in [9.17, 15) is 18.6 Å². The fraction of sp³-hybridized carbons (Fsp3) is 0.400. The number of benzene rings is 1. The highest BCUT2D eigenvalue weighted by atomic mass is 32.2. The second-order valence-corrected chi connectivity index (χ2v) is 5.12. The Bertz CT molecular complexity index is 426. The molecule has 0 bridgehead atoms. The summed E-state index contributed by atoms with van der Waals surface area (Å²) in [6.07, 6.45) is -2.83. The summed E-state index contributed by atoms with van der Waals surface area (Å²) in [5, 5.41) is 17.2. The van der Waals surface area contributed by atoms with Gasteiger partial charge in [-0.15, -0.1) is 0 Å². The topological polar surface area (TPSA) is 94.8 Å². The Kier molecular flexibility index (Phi) is 4.03. The van der Waals surface area contributed by atoms with Crippen molar-refractivity contribution in [2.75, 3.05) is 0 Å². The van der Waals surface area contributed by atoms with Crippen LogP contribution < -0.4 is 0 Å². The van der Waals surface area contributed by atoms with Gasteiger partial charge in [-0.3, -0.25) is 4.55 Å². The van der Waals surface area contributed by atoms with Gasteiger partial charge in [-0.25, -0.2) is 0 Å². The maximum absolute atomic E-state index is 11.2. The molecule has 0 radical (unpaired) electrons. The molecule has 0 aliphatic carbocycles. The summed E-state index contributed by atoms with van der Waals surface area (Å²) in [5.41, 5.74) is 0.235. The van der Waals surface area contributed by atoms with Crippen LogP contribution in [0, 0.1) is 0 Å². The second-order valence-electron chi connectivity index (χ2n) is 3.58. The van der Waals surface area contributed by atoms with E-state index in [2.05, 4.69) is 0 Å². The highest BCUT2D eigenvalue weighted by molar-refractivity contribution is 7.86. The summed E-state index contributed by atoms with van der Waals surface area (Å²) in [6, 6.07) is 7.78. The van der Waals surface area contributed by atoms with Crippen LogP contribution in [0.5, 0.6) is 0 Å². The molecule has 0 aromatic heterocycles. The third-order valence-electron chi connectivity index (χ3n) is 2.25. The summed E-state index contributed by atoms with van der Waals surface area (Å²) < 4.78 is 31.4. The van der Waals surface area contributed by atoms with Gasteiger partial charge in [0.25, 0.3) is 10.1 Å². The number of aliphatic hydroxyl groups excluding tert-OH is 2. The van der Waals surface area contributed by atoms with Gasteiger partial charge in [-0.1, -0.05) is 30.3 Å². The van der Waals surface area contributed by atoms with Crippen LogP contribution in [-0.4, -0.2) is 35.4 Å². The van der Waals surface area contributed by atoms with E-state index >= 15 is 0 Å². The van der Waals surface area contributed by atoms with Crippen molar-refractivity contribution >= 4 is 10.1 Å². The number of hydrogen-bond acceptors (Lipinski definition) is 4. The van der Waals surface area contributed by atoms with Crippen molar-refractivity contribution in [1.29, 1.82) is 0 Å². The van der Waals surface area contributed by atoms with Gasteiger partial charge in [0.05, 0.1) is 6.10 Å². The zero-order valence-electron chi connectivity index (χ0n) is 8.69. The summed E-state index contributed by atoms with van der Waals surface area (Å²) >= 11 is 0. The lowest BCUT2D eigenvalue weighted by Crippen LogP contribution is -2.34. The van der Waals surface area contributed by atoms with Crippen LogP contribution in [0.2, 0.25) is 0 Å². The van der Waals surface area contributed by atoms with E-state index in [-0.39, 0.29) is 5.56 Å². The van der Waals surface area contributed by atoms with E-state index in [1.807, 2.05) is 0 Å². The predicted octanol–water partition coefficient (Wildman–Crippen LogP) is 0.357. The first kappa shape index (κ1) is 13.1. The molecule has 90 valence electrons. The van der Waals surface area contributed by atoms with Crippen molar-refractivity contribution in [3.05, 3.63) is 35.9 Å². The van der Waals surface area contributed by atoms with Crippen LogP contribution in [0.4, 0.5) is 0 Å². The van der Waals surface area contributed by atoms with E-state index in [1.165, 1.54) is 19.1 Å².